The SMILES string of the molecule is CC(C)C(=O)N(CC(=O)N1CCc2sccc2[C@H]1COc1ccc(F)cc1)C[C@@H]1CCCO1. The molecule has 1 fully saturated rings. The van der Waals surface area contributed by atoms with E-state index in [0.29, 0.717) is 25.4 Å². The molecule has 0 unspecified atom stereocenters. The number of carbonyl (C=O) groups excluding carboxylic acids is 2. The highest BCUT2D eigenvalue weighted by Gasteiger charge is 2.34. The van der Waals surface area contributed by atoms with Gasteiger partial charge in [-0.3, -0.25) is 9.59 Å². The lowest BCUT2D eigenvalue weighted by atomic mass is 10.00. The summed E-state index contributed by atoms with van der Waals surface area (Å²) >= 11 is 1.69. The molecule has 0 aliphatic carbocycles. The van der Waals surface area contributed by atoms with Crippen molar-refractivity contribution in [1.29, 1.82) is 0 Å². The van der Waals surface area contributed by atoms with E-state index in [1.807, 2.05) is 30.2 Å². The van der Waals surface area contributed by atoms with Gasteiger partial charge in [0.2, 0.25) is 11.8 Å². The summed E-state index contributed by atoms with van der Waals surface area (Å²) in [5.74, 6) is -0.0846. The zero-order valence-corrected chi connectivity index (χ0v) is 20.0. The number of amides is 2. The van der Waals surface area contributed by atoms with Gasteiger partial charge in [0, 0.05) is 30.5 Å². The van der Waals surface area contributed by atoms with Crippen LogP contribution in [0.1, 0.15) is 43.2 Å². The third-order valence-corrected chi connectivity index (χ3v) is 7.21. The topological polar surface area (TPSA) is 59.1 Å². The average Bonchev–Trinajstić information content (AvgIpc) is 3.49. The number of hydrogen-bond donors (Lipinski definition) is 0. The number of rotatable bonds is 8. The maximum Gasteiger partial charge on any atom is 0.242 e. The van der Waals surface area contributed by atoms with Gasteiger partial charge in [-0.15, -0.1) is 11.3 Å². The Morgan fingerprint density at radius 2 is 2.06 bits per heavy atom. The van der Waals surface area contributed by atoms with Crippen molar-refractivity contribution in [1.82, 2.24) is 9.80 Å². The summed E-state index contributed by atoms with van der Waals surface area (Å²) in [6.45, 7) is 5.73. The molecule has 1 aromatic carbocycles. The quantitative estimate of drug-likeness (QED) is 0.579. The number of fused-ring (bicyclic) bond motifs is 1. The second kappa shape index (κ2) is 10.7. The Labute approximate surface area is 198 Å². The Balaban J connectivity index is 1.49. The minimum absolute atomic E-state index is 0.0112. The lowest BCUT2D eigenvalue weighted by Gasteiger charge is -2.37. The smallest absolute Gasteiger partial charge is 0.242 e. The molecular formula is C25H31FN2O4S. The van der Waals surface area contributed by atoms with Gasteiger partial charge in [0.15, 0.2) is 0 Å². The van der Waals surface area contributed by atoms with Crippen molar-refractivity contribution in [3.05, 3.63) is 52.0 Å². The Hall–Kier alpha value is -2.45. The van der Waals surface area contributed by atoms with Crippen molar-refractivity contribution in [3.8, 4) is 5.75 Å². The second-order valence-electron chi connectivity index (χ2n) is 8.93. The first-order chi connectivity index (χ1) is 15.9. The van der Waals surface area contributed by atoms with Gasteiger partial charge >= 0.3 is 0 Å². The minimum atomic E-state index is -0.321. The molecule has 1 saturated heterocycles. The third-order valence-electron chi connectivity index (χ3n) is 6.22. The first kappa shape index (κ1) is 23.7. The summed E-state index contributed by atoms with van der Waals surface area (Å²) in [5.41, 5.74) is 1.09. The highest BCUT2D eigenvalue weighted by Crippen LogP contribution is 2.34. The predicted octanol–water partition coefficient (Wildman–Crippen LogP) is 4.06. The summed E-state index contributed by atoms with van der Waals surface area (Å²) in [4.78, 5) is 31.1. The highest BCUT2D eigenvalue weighted by molar-refractivity contribution is 7.10. The van der Waals surface area contributed by atoms with Gasteiger partial charge in [0.1, 0.15) is 18.2 Å². The maximum atomic E-state index is 13.5. The van der Waals surface area contributed by atoms with Gasteiger partial charge < -0.3 is 19.3 Å². The van der Waals surface area contributed by atoms with E-state index >= 15 is 0 Å². The molecule has 0 spiro atoms. The van der Waals surface area contributed by atoms with Gasteiger partial charge in [0.05, 0.1) is 18.7 Å². The van der Waals surface area contributed by atoms with E-state index in [2.05, 4.69) is 0 Å². The van der Waals surface area contributed by atoms with Crippen LogP contribution >= 0.6 is 11.3 Å². The van der Waals surface area contributed by atoms with Crippen molar-refractivity contribution in [2.24, 2.45) is 5.92 Å². The largest absolute Gasteiger partial charge is 0.491 e. The first-order valence-corrected chi connectivity index (χ1v) is 12.4. The zero-order valence-electron chi connectivity index (χ0n) is 19.2. The summed E-state index contributed by atoms with van der Waals surface area (Å²) < 4.78 is 24.9. The Morgan fingerprint density at radius 1 is 1.27 bits per heavy atom. The molecule has 0 saturated carbocycles. The molecular weight excluding hydrogens is 443 g/mol. The maximum absolute atomic E-state index is 13.5. The predicted molar refractivity (Wildman–Crippen MR) is 125 cm³/mol. The van der Waals surface area contributed by atoms with E-state index in [-0.39, 0.29) is 48.8 Å². The van der Waals surface area contributed by atoms with Crippen LogP contribution in [-0.2, 0) is 20.7 Å². The molecule has 2 aliphatic heterocycles. The van der Waals surface area contributed by atoms with Crippen LogP contribution in [0.2, 0.25) is 0 Å². The molecule has 0 radical (unpaired) electrons. The van der Waals surface area contributed by atoms with Gasteiger partial charge in [0.25, 0.3) is 0 Å². The summed E-state index contributed by atoms with van der Waals surface area (Å²) in [6.07, 6.45) is 2.67. The second-order valence-corrected chi connectivity index (χ2v) is 9.93. The number of halogens is 1. The van der Waals surface area contributed by atoms with E-state index < -0.39 is 0 Å². The van der Waals surface area contributed by atoms with Crippen molar-refractivity contribution in [3.63, 3.8) is 0 Å². The summed E-state index contributed by atoms with van der Waals surface area (Å²) in [6, 6.07) is 7.68. The summed E-state index contributed by atoms with van der Waals surface area (Å²) in [7, 11) is 0. The van der Waals surface area contributed by atoms with Crippen LogP contribution in [-0.4, -0.2) is 60.6 Å². The molecule has 3 heterocycles. The van der Waals surface area contributed by atoms with E-state index in [0.717, 1.165) is 24.8 Å². The van der Waals surface area contributed by atoms with Crippen LogP contribution in [0.3, 0.4) is 0 Å². The van der Waals surface area contributed by atoms with E-state index in [9.17, 15) is 14.0 Å². The first-order valence-electron chi connectivity index (χ1n) is 11.6. The van der Waals surface area contributed by atoms with Crippen LogP contribution in [0.25, 0.3) is 0 Å². The molecule has 1 aromatic heterocycles. The van der Waals surface area contributed by atoms with Crippen molar-refractivity contribution >= 4 is 23.2 Å². The molecule has 2 atom stereocenters. The number of carbonyl (C=O) groups is 2. The highest BCUT2D eigenvalue weighted by atomic mass is 32.1. The molecule has 178 valence electrons. The lowest BCUT2D eigenvalue weighted by molar-refractivity contribution is -0.145. The average molecular weight is 475 g/mol. The lowest BCUT2D eigenvalue weighted by Crippen LogP contribution is -2.50. The molecule has 2 aromatic rings. The van der Waals surface area contributed by atoms with Crippen molar-refractivity contribution in [2.75, 3.05) is 32.8 Å². The molecule has 4 rings (SSSR count). The fourth-order valence-corrected chi connectivity index (χ4v) is 5.39. The molecule has 0 N–H and O–H groups in total. The van der Waals surface area contributed by atoms with Crippen molar-refractivity contribution in [2.45, 2.75) is 45.3 Å². The van der Waals surface area contributed by atoms with Gasteiger partial charge in [-0.25, -0.2) is 4.39 Å². The van der Waals surface area contributed by atoms with Gasteiger partial charge in [-0.05, 0) is 60.5 Å². The fourth-order valence-electron chi connectivity index (χ4n) is 4.47. The van der Waals surface area contributed by atoms with Crippen LogP contribution in [0.15, 0.2) is 35.7 Å². The van der Waals surface area contributed by atoms with Crippen LogP contribution in [0.4, 0.5) is 4.39 Å². The Morgan fingerprint density at radius 3 is 2.76 bits per heavy atom. The van der Waals surface area contributed by atoms with Crippen LogP contribution in [0, 0.1) is 11.7 Å². The summed E-state index contributed by atoms with van der Waals surface area (Å²) in [5, 5.41) is 2.04. The van der Waals surface area contributed by atoms with Crippen molar-refractivity contribution < 1.29 is 23.5 Å². The van der Waals surface area contributed by atoms with Crippen LogP contribution in [0.5, 0.6) is 5.75 Å². The molecule has 0 bridgehead atoms. The molecule has 33 heavy (non-hydrogen) atoms. The molecule has 6 nitrogen and oxygen atoms in total. The van der Waals surface area contributed by atoms with E-state index in [1.165, 1.54) is 17.0 Å². The van der Waals surface area contributed by atoms with Crippen LogP contribution < -0.4 is 4.74 Å². The number of hydrogen-bond acceptors (Lipinski definition) is 5. The number of ether oxygens (including phenoxy) is 2. The van der Waals surface area contributed by atoms with Gasteiger partial charge in [-0.1, -0.05) is 13.8 Å². The van der Waals surface area contributed by atoms with E-state index in [4.69, 9.17) is 9.47 Å². The molecule has 2 amide bonds. The minimum Gasteiger partial charge on any atom is -0.491 e. The Bertz CT molecular complexity index is 956. The zero-order chi connectivity index (χ0) is 23.4. The normalized spacial score (nSPS) is 20.1. The number of benzene rings is 1. The van der Waals surface area contributed by atoms with E-state index in [1.54, 1.807) is 28.4 Å². The molecule has 2 aliphatic rings. The third kappa shape index (κ3) is 5.73. The standard InChI is InChI=1S/C25H31FN2O4S/c1-17(2)25(30)27(14-20-4-3-12-31-20)15-24(29)28-11-9-23-21(10-13-33-23)22(28)16-32-19-7-5-18(26)6-8-19/h5-8,10,13,17,20,22H,3-4,9,11-12,14-16H2,1-2H3/t20-,22+/m0/s1. The van der Waals surface area contributed by atoms with Gasteiger partial charge in [-0.2, -0.15) is 0 Å². The monoisotopic (exact) mass is 474 g/mol. The molecule has 8 heteroatoms. The Kier molecular flexibility index (Phi) is 7.65. The fraction of sp³-hybridized carbons (Fsp3) is 0.520. The number of thiophene rings is 1. The number of nitrogens with zero attached hydrogens (tertiary/aromatic N) is 2.